The predicted octanol–water partition coefficient (Wildman–Crippen LogP) is 4.47. The van der Waals surface area contributed by atoms with Crippen LogP contribution in [0.2, 0.25) is 5.02 Å². The lowest BCUT2D eigenvalue weighted by Gasteiger charge is -2.02. The van der Waals surface area contributed by atoms with Crippen LogP contribution in [0.3, 0.4) is 0 Å². The van der Waals surface area contributed by atoms with Crippen molar-refractivity contribution >= 4 is 40.7 Å². The quantitative estimate of drug-likeness (QED) is 0.873. The zero-order chi connectivity index (χ0) is 14.7. The van der Waals surface area contributed by atoms with E-state index in [1.807, 2.05) is 60.7 Å². The molecule has 3 rings (SSSR count). The van der Waals surface area contributed by atoms with E-state index in [0.717, 1.165) is 22.6 Å². The van der Waals surface area contributed by atoms with E-state index < -0.39 is 0 Å². The smallest absolute Gasteiger partial charge is 0.230 e. The lowest BCUT2D eigenvalue weighted by molar-refractivity contribution is -0.115. The average molecular weight is 297 g/mol. The Morgan fingerprint density at radius 2 is 1.81 bits per heavy atom. The molecule has 21 heavy (non-hydrogen) atoms. The van der Waals surface area contributed by atoms with Crippen LogP contribution >= 0.6 is 11.6 Å². The van der Waals surface area contributed by atoms with Gasteiger partial charge < -0.3 is 5.32 Å². The molecule has 1 aliphatic rings. The lowest BCUT2D eigenvalue weighted by Crippen LogP contribution is -2.13. The number of halogens is 1. The molecule has 1 amide bonds. The van der Waals surface area contributed by atoms with Crippen molar-refractivity contribution in [1.29, 1.82) is 0 Å². The van der Waals surface area contributed by atoms with Crippen molar-refractivity contribution in [2.45, 2.75) is 6.42 Å². The maximum absolute atomic E-state index is 11.9. The molecule has 0 atom stereocenters. The maximum atomic E-state index is 11.9. The first-order valence-corrected chi connectivity index (χ1v) is 6.98. The molecule has 4 heteroatoms. The van der Waals surface area contributed by atoms with Gasteiger partial charge in [0.25, 0.3) is 0 Å². The fourth-order valence-corrected chi connectivity index (χ4v) is 2.22. The van der Waals surface area contributed by atoms with Crippen molar-refractivity contribution in [3.63, 3.8) is 0 Å². The Balaban J connectivity index is 1.89. The van der Waals surface area contributed by atoms with Gasteiger partial charge in [0.05, 0.1) is 23.5 Å². The van der Waals surface area contributed by atoms with Crippen molar-refractivity contribution in [1.82, 2.24) is 0 Å². The molecule has 0 aliphatic carbocycles. The molecule has 2 aromatic rings. The molecule has 0 radical (unpaired) electrons. The summed E-state index contributed by atoms with van der Waals surface area (Å²) in [6.45, 7) is 0. The van der Waals surface area contributed by atoms with E-state index in [1.165, 1.54) is 0 Å². The number of nitrogens with zero attached hydrogens (tertiary/aromatic N) is 1. The number of hydrogen-bond acceptors (Lipinski definition) is 2. The largest absolute Gasteiger partial charge is 0.324 e. The third-order valence-electron chi connectivity index (χ3n) is 3.12. The summed E-state index contributed by atoms with van der Waals surface area (Å²) in [7, 11) is 0. The van der Waals surface area contributed by atoms with E-state index in [4.69, 9.17) is 11.6 Å². The third-order valence-corrected chi connectivity index (χ3v) is 3.37. The van der Waals surface area contributed by atoms with Crippen LogP contribution in [0.4, 0.5) is 11.4 Å². The number of hydrogen-bond donors (Lipinski definition) is 1. The molecule has 1 N–H and O–H groups in total. The van der Waals surface area contributed by atoms with Gasteiger partial charge in [-0.2, -0.15) is 0 Å². The monoisotopic (exact) mass is 296 g/mol. The average Bonchev–Trinajstić information content (AvgIpc) is 2.64. The highest BCUT2D eigenvalue weighted by molar-refractivity contribution is 6.30. The number of rotatable bonds is 2. The SMILES string of the molecule is O=C1CC(C=Cc2ccc(Cl)cc2)=Nc2ccccc2N1. The minimum atomic E-state index is -0.0561. The van der Waals surface area contributed by atoms with Crippen molar-refractivity contribution in [3.8, 4) is 0 Å². The van der Waals surface area contributed by atoms with E-state index in [0.29, 0.717) is 5.02 Å². The molecule has 0 spiro atoms. The number of fused-ring (bicyclic) bond motifs is 1. The van der Waals surface area contributed by atoms with Crippen LogP contribution < -0.4 is 5.32 Å². The first-order chi connectivity index (χ1) is 10.2. The maximum Gasteiger partial charge on any atom is 0.230 e. The second-order valence-corrected chi connectivity index (χ2v) is 5.17. The number of carbonyl (C=O) groups excluding carboxylic acids is 1. The number of carbonyl (C=O) groups is 1. The van der Waals surface area contributed by atoms with E-state index in [9.17, 15) is 4.79 Å². The molecule has 0 aromatic heterocycles. The summed E-state index contributed by atoms with van der Waals surface area (Å²) in [6, 6.07) is 15.0. The number of amides is 1. The molecule has 1 heterocycles. The van der Waals surface area contributed by atoms with Crippen LogP contribution in [0.5, 0.6) is 0 Å². The van der Waals surface area contributed by atoms with Crippen LogP contribution in [-0.4, -0.2) is 11.6 Å². The van der Waals surface area contributed by atoms with Gasteiger partial charge in [0.15, 0.2) is 0 Å². The van der Waals surface area contributed by atoms with Gasteiger partial charge in [-0.25, -0.2) is 0 Å². The van der Waals surface area contributed by atoms with Gasteiger partial charge in [-0.15, -0.1) is 0 Å². The Bertz CT molecular complexity index is 733. The van der Waals surface area contributed by atoms with E-state index in [-0.39, 0.29) is 12.3 Å². The van der Waals surface area contributed by atoms with Crippen LogP contribution in [0.25, 0.3) is 6.08 Å². The van der Waals surface area contributed by atoms with Gasteiger partial charge >= 0.3 is 0 Å². The van der Waals surface area contributed by atoms with Crippen molar-refractivity contribution in [2.75, 3.05) is 5.32 Å². The molecular weight excluding hydrogens is 284 g/mol. The summed E-state index contributed by atoms with van der Waals surface area (Å²) < 4.78 is 0. The van der Waals surface area contributed by atoms with Gasteiger partial charge in [0.1, 0.15) is 0 Å². The Morgan fingerprint density at radius 1 is 1.05 bits per heavy atom. The molecule has 3 nitrogen and oxygen atoms in total. The first-order valence-electron chi connectivity index (χ1n) is 6.61. The lowest BCUT2D eigenvalue weighted by atomic mass is 10.1. The minimum absolute atomic E-state index is 0.0561. The second kappa shape index (κ2) is 5.94. The normalized spacial score (nSPS) is 14.3. The van der Waals surface area contributed by atoms with Crippen molar-refractivity contribution in [2.24, 2.45) is 4.99 Å². The molecule has 0 unspecified atom stereocenters. The van der Waals surface area contributed by atoms with Gasteiger partial charge in [-0.3, -0.25) is 9.79 Å². The van der Waals surface area contributed by atoms with Crippen molar-refractivity contribution in [3.05, 3.63) is 65.2 Å². The highest BCUT2D eigenvalue weighted by atomic mass is 35.5. The molecule has 0 saturated carbocycles. The number of nitrogens with one attached hydrogen (secondary N) is 1. The molecule has 104 valence electrons. The number of anilines is 1. The van der Waals surface area contributed by atoms with Gasteiger partial charge in [0, 0.05) is 5.02 Å². The summed E-state index contributed by atoms with van der Waals surface area (Å²) in [4.78, 5) is 16.4. The molecule has 2 aromatic carbocycles. The number of benzene rings is 2. The number of para-hydroxylation sites is 2. The molecule has 0 saturated heterocycles. The molecule has 0 fully saturated rings. The van der Waals surface area contributed by atoms with Crippen LogP contribution in [0.1, 0.15) is 12.0 Å². The fourth-order valence-electron chi connectivity index (χ4n) is 2.09. The Kier molecular flexibility index (Phi) is 3.84. The molecular formula is C17H13ClN2O. The molecule has 0 bridgehead atoms. The minimum Gasteiger partial charge on any atom is -0.324 e. The Labute approximate surface area is 128 Å². The van der Waals surface area contributed by atoms with Crippen molar-refractivity contribution < 1.29 is 4.79 Å². The van der Waals surface area contributed by atoms with Crippen LogP contribution in [-0.2, 0) is 4.79 Å². The Morgan fingerprint density at radius 3 is 2.62 bits per heavy atom. The summed E-state index contributed by atoms with van der Waals surface area (Å²) in [5.41, 5.74) is 3.27. The summed E-state index contributed by atoms with van der Waals surface area (Å²) in [5, 5.41) is 3.55. The highest BCUT2D eigenvalue weighted by Crippen LogP contribution is 2.27. The van der Waals surface area contributed by atoms with Crippen LogP contribution in [0, 0.1) is 0 Å². The number of aliphatic imine (C=N–C) groups is 1. The fraction of sp³-hybridized carbons (Fsp3) is 0.0588. The summed E-state index contributed by atoms with van der Waals surface area (Å²) in [6.07, 6.45) is 4.06. The Hall–Kier alpha value is -2.39. The predicted molar refractivity (Wildman–Crippen MR) is 87.3 cm³/mol. The first kappa shape index (κ1) is 13.6. The van der Waals surface area contributed by atoms with Crippen LogP contribution in [0.15, 0.2) is 59.6 Å². The van der Waals surface area contributed by atoms with E-state index >= 15 is 0 Å². The zero-order valence-electron chi connectivity index (χ0n) is 11.2. The highest BCUT2D eigenvalue weighted by Gasteiger charge is 2.13. The standard InChI is InChI=1S/C17H13ClN2O/c18-13-8-5-12(6-9-13)7-10-14-11-17(21)20-16-4-2-1-3-15(16)19-14/h1-10H,11H2,(H,20,21). The van der Waals surface area contributed by atoms with E-state index in [1.54, 1.807) is 0 Å². The van der Waals surface area contributed by atoms with Gasteiger partial charge in [-0.05, 0) is 35.9 Å². The third kappa shape index (κ3) is 3.38. The zero-order valence-corrected chi connectivity index (χ0v) is 12.0. The summed E-state index contributed by atoms with van der Waals surface area (Å²) >= 11 is 5.86. The second-order valence-electron chi connectivity index (χ2n) is 4.73. The van der Waals surface area contributed by atoms with Gasteiger partial charge in [0.2, 0.25) is 5.91 Å². The molecule has 1 aliphatic heterocycles. The summed E-state index contributed by atoms with van der Waals surface area (Å²) in [5.74, 6) is -0.0561. The number of allylic oxidation sites excluding steroid dienone is 1. The van der Waals surface area contributed by atoms with Gasteiger partial charge in [-0.1, -0.05) is 41.9 Å². The van der Waals surface area contributed by atoms with E-state index in [2.05, 4.69) is 10.3 Å². The topological polar surface area (TPSA) is 41.5 Å².